The molecule has 6 nitrogen and oxygen atoms in total. The quantitative estimate of drug-likeness (QED) is 0.323. The second-order valence-corrected chi connectivity index (χ2v) is 5.00. The maximum atomic E-state index is 5.46. The monoisotopic (exact) mass is 269 g/mol. The van der Waals surface area contributed by atoms with E-state index in [1.807, 2.05) is 12.3 Å². The summed E-state index contributed by atoms with van der Waals surface area (Å²) in [4.78, 5) is 8.65. The lowest BCUT2D eigenvalue weighted by molar-refractivity contribution is 0.101. The maximum absolute atomic E-state index is 5.46. The molecule has 1 fully saturated rings. The zero-order chi connectivity index (χ0) is 13.0. The fraction of sp³-hybridized carbons (Fsp3) is 0.636. The van der Waals surface area contributed by atoms with Gasteiger partial charge in [0, 0.05) is 13.2 Å². The van der Waals surface area contributed by atoms with Gasteiger partial charge in [-0.1, -0.05) is 11.8 Å². The molecule has 2 atom stereocenters. The third-order valence-electron chi connectivity index (χ3n) is 3.12. The summed E-state index contributed by atoms with van der Waals surface area (Å²) in [5, 5.41) is 4.10. The molecule has 0 saturated heterocycles. The summed E-state index contributed by atoms with van der Waals surface area (Å²) in [6.07, 6.45) is 5.57. The predicted octanol–water partition coefficient (Wildman–Crippen LogP) is 1.46. The Morgan fingerprint density at radius 1 is 1.39 bits per heavy atom. The molecule has 0 bridgehead atoms. The number of thioether (sulfide) groups is 1. The summed E-state index contributed by atoms with van der Waals surface area (Å²) in [6, 6.07) is 2.12. The van der Waals surface area contributed by atoms with Gasteiger partial charge in [-0.25, -0.2) is 15.8 Å². The van der Waals surface area contributed by atoms with E-state index >= 15 is 0 Å². The Balaban J connectivity index is 2.12. The van der Waals surface area contributed by atoms with Gasteiger partial charge in [-0.3, -0.25) is 0 Å². The van der Waals surface area contributed by atoms with Gasteiger partial charge in [0.1, 0.15) is 11.6 Å². The summed E-state index contributed by atoms with van der Waals surface area (Å²) in [6.45, 7) is 0. The van der Waals surface area contributed by atoms with E-state index in [-0.39, 0.29) is 6.10 Å². The molecule has 1 heterocycles. The third kappa shape index (κ3) is 3.04. The molecule has 1 aliphatic rings. The molecule has 1 saturated carbocycles. The molecule has 18 heavy (non-hydrogen) atoms. The first kappa shape index (κ1) is 13.4. The zero-order valence-electron chi connectivity index (χ0n) is 10.6. The van der Waals surface area contributed by atoms with Gasteiger partial charge in [-0.05, 0) is 25.5 Å². The summed E-state index contributed by atoms with van der Waals surface area (Å²) >= 11 is 1.49. The molecule has 4 N–H and O–H groups in total. The molecule has 0 amide bonds. The molecule has 0 aromatic carbocycles. The van der Waals surface area contributed by atoms with Crippen LogP contribution in [0, 0.1) is 0 Å². The standard InChI is InChI=1S/C11H19N5OS/c1-17-8-5-3-4-7(8)13-9-6-10(16-12)15-11(14-9)18-2/h6-8H,3-5,12H2,1-2H3,(H2,13,14,15,16). The fourth-order valence-corrected chi connectivity index (χ4v) is 2.61. The van der Waals surface area contributed by atoms with Gasteiger partial charge in [0.2, 0.25) is 0 Å². The van der Waals surface area contributed by atoms with Crippen molar-refractivity contribution < 1.29 is 4.74 Å². The van der Waals surface area contributed by atoms with Gasteiger partial charge in [-0.15, -0.1) is 0 Å². The Bertz CT molecular complexity index is 381. The van der Waals surface area contributed by atoms with Gasteiger partial charge < -0.3 is 15.5 Å². The van der Waals surface area contributed by atoms with Crippen LogP contribution >= 0.6 is 11.8 Å². The summed E-state index contributed by atoms with van der Waals surface area (Å²) in [5.41, 5.74) is 2.56. The summed E-state index contributed by atoms with van der Waals surface area (Å²) in [7, 11) is 1.75. The molecule has 7 heteroatoms. The van der Waals surface area contributed by atoms with Crippen molar-refractivity contribution in [1.82, 2.24) is 9.97 Å². The number of methoxy groups -OCH3 is 1. The van der Waals surface area contributed by atoms with Crippen molar-refractivity contribution in [3.05, 3.63) is 6.07 Å². The van der Waals surface area contributed by atoms with E-state index in [0.29, 0.717) is 17.0 Å². The molecule has 1 aromatic heterocycles. The highest BCUT2D eigenvalue weighted by Gasteiger charge is 2.27. The van der Waals surface area contributed by atoms with Crippen LogP contribution in [0.3, 0.4) is 0 Å². The number of nitrogens with zero attached hydrogens (tertiary/aromatic N) is 2. The average molecular weight is 269 g/mol. The van der Waals surface area contributed by atoms with Crippen molar-refractivity contribution in [3.63, 3.8) is 0 Å². The Morgan fingerprint density at radius 2 is 2.17 bits per heavy atom. The lowest BCUT2D eigenvalue weighted by atomic mass is 10.2. The first-order chi connectivity index (χ1) is 8.76. The minimum absolute atomic E-state index is 0.256. The first-order valence-electron chi connectivity index (χ1n) is 5.96. The minimum Gasteiger partial charge on any atom is -0.379 e. The van der Waals surface area contributed by atoms with Gasteiger partial charge in [-0.2, -0.15) is 0 Å². The molecule has 100 valence electrons. The number of nitrogens with one attached hydrogen (secondary N) is 2. The van der Waals surface area contributed by atoms with Crippen LogP contribution in [-0.4, -0.2) is 35.5 Å². The van der Waals surface area contributed by atoms with Crippen molar-refractivity contribution in [1.29, 1.82) is 0 Å². The fourth-order valence-electron chi connectivity index (χ4n) is 2.23. The SMILES string of the molecule is COC1CCCC1Nc1cc(NN)nc(SC)n1. The van der Waals surface area contributed by atoms with Crippen LogP contribution in [0.1, 0.15) is 19.3 Å². The lowest BCUT2D eigenvalue weighted by Crippen LogP contribution is -2.30. The molecular weight excluding hydrogens is 250 g/mol. The molecule has 0 spiro atoms. The van der Waals surface area contributed by atoms with E-state index in [1.165, 1.54) is 18.2 Å². The van der Waals surface area contributed by atoms with E-state index < -0.39 is 0 Å². The number of anilines is 2. The summed E-state index contributed by atoms with van der Waals surface area (Å²) in [5.74, 6) is 6.80. The van der Waals surface area contributed by atoms with Gasteiger partial charge in [0.15, 0.2) is 5.16 Å². The first-order valence-corrected chi connectivity index (χ1v) is 7.18. The number of hydrogen-bond donors (Lipinski definition) is 3. The van der Waals surface area contributed by atoms with Crippen LogP contribution in [0.4, 0.5) is 11.6 Å². The smallest absolute Gasteiger partial charge is 0.191 e. The Hall–Kier alpha value is -1.05. The van der Waals surface area contributed by atoms with Crippen molar-refractivity contribution in [2.75, 3.05) is 24.1 Å². The number of aromatic nitrogens is 2. The number of hydrazine groups is 1. The van der Waals surface area contributed by atoms with Crippen LogP contribution < -0.4 is 16.6 Å². The van der Waals surface area contributed by atoms with Crippen LogP contribution in [-0.2, 0) is 4.74 Å². The number of ether oxygens (including phenoxy) is 1. The lowest BCUT2D eigenvalue weighted by Gasteiger charge is -2.20. The van der Waals surface area contributed by atoms with E-state index in [2.05, 4.69) is 20.7 Å². The van der Waals surface area contributed by atoms with Crippen molar-refractivity contribution >= 4 is 23.4 Å². The average Bonchev–Trinajstić information content (AvgIpc) is 2.85. The van der Waals surface area contributed by atoms with Crippen LogP contribution in [0.25, 0.3) is 0 Å². The third-order valence-corrected chi connectivity index (χ3v) is 3.67. The van der Waals surface area contributed by atoms with Crippen LogP contribution in [0.15, 0.2) is 11.2 Å². The number of rotatable bonds is 5. The second kappa shape index (κ2) is 6.21. The van der Waals surface area contributed by atoms with Gasteiger partial charge in [0.05, 0.1) is 12.1 Å². The molecular formula is C11H19N5OS. The molecule has 1 aliphatic carbocycles. The molecule has 0 aliphatic heterocycles. The van der Waals surface area contributed by atoms with Crippen molar-refractivity contribution in [2.24, 2.45) is 5.84 Å². The van der Waals surface area contributed by atoms with E-state index in [9.17, 15) is 0 Å². The van der Waals surface area contributed by atoms with E-state index in [4.69, 9.17) is 10.6 Å². The molecule has 0 radical (unpaired) electrons. The van der Waals surface area contributed by atoms with Gasteiger partial charge in [0.25, 0.3) is 0 Å². The Morgan fingerprint density at radius 3 is 2.83 bits per heavy atom. The Labute approximate surface area is 111 Å². The van der Waals surface area contributed by atoms with E-state index in [1.54, 1.807) is 7.11 Å². The van der Waals surface area contributed by atoms with E-state index in [0.717, 1.165) is 18.7 Å². The van der Waals surface area contributed by atoms with Gasteiger partial charge >= 0.3 is 0 Å². The normalized spacial score (nSPS) is 23.1. The molecule has 2 rings (SSSR count). The maximum Gasteiger partial charge on any atom is 0.191 e. The second-order valence-electron chi connectivity index (χ2n) is 4.23. The highest BCUT2D eigenvalue weighted by Crippen LogP contribution is 2.25. The van der Waals surface area contributed by atoms with Crippen molar-refractivity contribution in [2.45, 2.75) is 36.6 Å². The van der Waals surface area contributed by atoms with Crippen LogP contribution in [0.5, 0.6) is 0 Å². The minimum atomic E-state index is 0.256. The highest BCUT2D eigenvalue weighted by molar-refractivity contribution is 7.98. The summed E-state index contributed by atoms with van der Waals surface area (Å²) < 4.78 is 5.46. The van der Waals surface area contributed by atoms with Crippen LogP contribution in [0.2, 0.25) is 0 Å². The number of nitrogens with two attached hydrogens (primary N) is 1. The topological polar surface area (TPSA) is 85.1 Å². The number of hydrogen-bond acceptors (Lipinski definition) is 7. The zero-order valence-corrected chi connectivity index (χ0v) is 11.5. The largest absolute Gasteiger partial charge is 0.379 e. The molecule has 2 unspecified atom stereocenters. The highest BCUT2D eigenvalue weighted by atomic mass is 32.2. The number of nitrogen functional groups attached to an aromatic ring is 1. The predicted molar refractivity (Wildman–Crippen MR) is 73.7 cm³/mol. The molecule has 1 aromatic rings. The van der Waals surface area contributed by atoms with Crippen molar-refractivity contribution in [3.8, 4) is 0 Å². The Kier molecular flexibility index (Phi) is 4.62.